The fraction of sp³-hybridized carbons (Fsp3) is 0.433. The maximum atomic E-state index is 13.1. The highest BCUT2D eigenvalue weighted by Crippen LogP contribution is 2.23. The first-order chi connectivity index (χ1) is 37.1. The van der Waals surface area contributed by atoms with Gasteiger partial charge in [-0.3, -0.25) is 0 Å². The van der Waals surface area contributed by atoms with Crippen LogP contribution in [0.2, 0.25) is 0 Å². The summed E-state index contributed by atoms with van der Waals surface area (Å²) in [5.41, 5.74) is 0.883. The Bertz CT molecular complexity index is 2230. The summed E-state index contributed by atoms with van der Waals surface area (Å²) in [4.78, 5) is 74.1. The minimum Gasteiger partial charge on any atom is -0.494 e. The molecule has 0 aliphatic carbocycles. The average molecular weight is 1050 g/mol. The van der Waals surface area contributed by atoms with E-state index < -0.39 is 36.5 Å². The molecule has 0 aromatic heterocycles. The van der Waals surface area contributed by atoms with E-state index in [9.17, 15) is 28.8 Å². The van der Waals surface area contributed by atoms with Gasteiger partial charge in [-0.05, 0) is 123 Å². The standard InChI is InChI=1S/C60H72O16/c1-3-53(61)69-41-21-17-13-9-5-7-11-15-19-39-67-49-31-23-45(24-32-49)55(63)73-51-35-27-47(28-36-51)57(65)75-59-60(72-44-43-71-59)76-58(66)48-29-37-52(38-30-48)74-56(64)46-25-33-50(34-26-46)68-40-20-16-12-8-6-10-14-18-22-42-70-54(62)4-2/h3-4,23-38,59-60H,1-2,5-22,39-44H2. The Morgan fingerprint density at radius 1 is 0.368 bits per heavy atom. The highest BCUT2D eigenvalue weighted by Gasteiger charge is 2.34. The molecule has 408 valence electrons. The first-order valence-corrected chi connectivity index (χ1v) is 26.5. The second kappa shape index (κ2) is 35.0. The van der Waals surface area contributed by atoms with Gasteiger partial charge in [0.05, 0.1) is 61.9 Å². The van der Waals surface area contributed by atoms with Crippen LogP contribution in [0.25, 0.3) is 0 Å². The van der Waals surface area contributed by atoms with Gasteiger partial charge in [-0.15, -0.1) is 0 Å². The molecule has 0 radical (unpaired) electrons. The van der Waals surface area contributed by atoms with E-state index in [-0.39, 0.29) is 47.8 Å². The molecule has 0 saturated carbocycles. The molecule has 4 aromatic carbocycles. The van der Waals surface area contributed by atoms with Gasteiger partial charge in [0, 0.05) is 12.2 Å². The van der Waals surface area contributed by atoms with Crippen molar-refractivity contribution in [2.75, 3.05) is 39.6 Å². The van der Waals surface area contributed by atoms with Gasteiger partial charge in [-0.1, -0.05) is 103 Å². The highest BCUT2D eigenvalue weighted by atomic mass is 16.8. The number of hydrogen-bond acceptors (Lipinski definition) is 16. The molecule has 1 aliphatic heterocycles. The Kier molecular flexibility index (Phi) is 27.5. The van der Waals surface area contributed by atoms with Crippen molar-refractivity contribution in [3.8, 4) is 23.0 Å². The molecule has 1 heterocycles. The van der Waals surface area contributed by atoms with Gasteiger partial charge < -0.3 is 47.4 Å². The molecule has 1 aliphatic rings. The lowest BCUT2D eigenvalue weighted by Crippen LogP contribution is -2.44. The Morgan fingerprint density at radius 3 is 0.934 bits per heavy atom. The van der Waals surface area contributed by atoms with Gasteiger partial charge in [-0.2, -0.15) is 0 Å². The van der Waals surface area contributed by atoms with Crippen molar-refractivity contribution >= 4 is 35.8 Å². The second-order valence-corrected chi connectivity index (χ2v) is 18.0. The normalized spacial score (nSPS) is 13.8. The Balaban J connectivity index is 0.932. The van der Waals surface area contributed by atoms with E-state index in [2.05, 4.69) is 13.2 Å². The van der Waals surface area contributed by atoms with E-state index in [4.69, 9.17) is 47.4 Å². The molecule has 1 fully saturated rings. The summed E-state index contributed by atoms with van der Waals surface area (Å²) >= 11 is 0. The number of esters is 6. The summed E-state index contributed by atoms with van der Waals surface area (Å²) in [7, 11) is 0. The highest BCUT2D eigenvalue weighted by molar-refractivity contribution is 5.93. The van der Waals surface area contributed by atoms with Crippen molar-refractivity contribution in [2.45, 2.75) is 128 Å². The quantitative estimate of drug-likeness (QED) is 0.0137. The van der Waals surface area contributed by atoms with Crippen LogP contribution in [0.3, 0.4) is 0 Å². The maximum absolute atomic E-state index is 13.1. The van der Waals surface area contributed by atoms with Gasteiger partial charge in [0.2, 0.25) is 0 Å². The minimum absolute atomic E-state index is 0.0797. The molecule has 0 amide bonds. The smallest absolute Gasteiger partial charge is 0.343 e. The van der Waals surface area contributed by atoms with Crippen LogP contribution in [0, 0.1) is 0 Å². The van der Waals surface area contributed by atoms with Crippen LogP contribution in [0.15, 0.2) is 122 Å². The van der Waals surface area contributed by atoms with E-state index in [1.54, 1.807) is 48.5 Å². The molecule has 0 bridgehead atoms. The van der Waals surface area contributed by atoms with Crippen molar-refractivity contribution in [2.24, 2.45) is 0 Å². The Hall–Kier alpha value is -7.30. The fourth-order valence-corrected chi connectivity index (χ4v) is 7.76. The molecule has 0 N–H and O–H groups in total. The number of hydrogen-bond donors (Lipinski definition) is 0. The lowest BCUT2D eigenvalue weighted by atomic mass is 10.1. The summed E-state index contributed by atoms with van der Waals surface area (Å²) in [6, 6.07) is 24.9. The lowest BCUT2D eigenvalue weighted by molar-refractivity contribution is -0.288. The largest absolute Gasteiger partial charge is 0.494 e. The van der Waals surface area contributed by atoms with Gasteiger partial charge in [0.1, 0.15) is 23.0 Å². The molecule has 2 unspecified atom stereocenters. The third kappa shape index (κ3) is 23.1. The van der Waals surface area contributed by atoms with E-state index in [0.717, 1.165) is 77.0 Å². The zero-order chi connectivity index (χ0) is 54.0. The molecule has 1 saturated heterocycles. The first kappa shape index (κ1) is 59.6. The zero-order valence-electron chi connectivity index (χ0n) is 43.5. The van der Waals surface area contributed by atoms with Gasteiger partial charge in [0.25, 0.3) is 12.6 Å². The topological polar surface area (TPSA) is 195 Å². The van der Waals surface area contributed by atoms with Crippen LogP contribution in [0.1, 0.15) is 157 Å². The summed E-state index contributed by atoms with van der Waals surface area (Å²) < 4.78 is 54.9. The number of unbranched alkanes of at least 4 members (excludes halogenated alkanes) is 16. The second-order valence-electron chi connectivity index (χ2n) is 18.0. The summed E-state index contributed by atoms with van der Waals surface area (Å²) in [6.07, 6.45) is 19.0. The van der Waals surface area contributed by atoms with Crippen LogP contribution in [-0.2, 0) is 38.0 Å². The Labute approximate surface area is 445 Å². The van der Waals surface area contributed by atoms with Gasteiger partial charge in [0.15, 0.2) is 0 Å². The van der Waals surface area contributed by atoms with Crippen LogP contribution in [-0.4, -0.2) is 88.0 Å². The predicted octanol–water partition coefficient (Wildman–Crippen LogP) is 12.1. The SMILES string of the molecule is C=CC(=O)OCCCCCCCCCCCOc1ccc(C(=O)Oc2ccc(C(=O)OC3OCCOC3OC(=O)c3ccc(OC(=O)c4ccc(OCCCCCCCCCCCOC(=O)C=C)cc4)cc3)cc2)cc1. The van der Waals surface area contributed by atoms with Crippen LogP contribution < -0.4 is 18.9 Å². The van der Waals surface area contributed by atoms with E-state index in [1.807, 2.05) is 0 Å². The van der Waals surface area contributed by atoms with Crippen LogP contribution in [0.4, 0.5) is 0 Å². The lowest BCUT2D eigenvalue weighted by Gasteiger charge is -2.30. The maximum Gasteiger partial charge on any atom is 0.343 e. The number of rotatable bonds is 36. The summed E-state index contributed by atoms with van der Waals surface area (Å²) in [6.45, 7) is 8.98. The molecule has 76 heavy (non-hydrogen) atoms. The molecule has 0 spiro atoms. The third-order valence-corrected chi connectivity index (χ3v) is 12.0. The van der Waals surface area contributed by atoms with E-state index in [1.165, 1.54) is 99.2 Å². The Morgan fingerprint density at radius 2 is 0.632 bits per heavy atom. The first-order valence-electron chi connectivity index (χ1n) is 26.5. The van der Waals surface area contributed by atoms with Crippen molar-refractivity contribution in [1.29, 1.82) is 0 Å². The summed E-state index contributed by atoms with van der Waals surface area (Å²) in [5, 5.41) is 0. The van der Waals surface area contributed by atoms with Crippen molar-refractivity contribution < 1.29 is 76.1 Å². The fourth-order valence-electron chi connectivity index (χ4n) is 7.76. The van der Waals surface area contributed by atoms with Gasteiger partial charge >= 0.3 is 35.8 Å². The molecule has 16 heteroatoms. The molecular formula is C60H72O16. The summed E-state index contributed by atoms with van der Waals surface area (Å²) in [5.74, 6) is -1.79. The molecule has 5 rings (SSSR count). The third-order valence-electron chi connectivity index (χ3n) is 12.0. The number of carbonyl (C=O) groups is 6. The van der Waals surface area contributed by atoms with Crippen LogP contribution in [0.5, 0.6) is 23.0 Å². The zero-order valence-corrected chi connectivity index (χ0v) is 43.5. The van der Waals surface area contributed by atoms with Gasteiger partial charge in [-0.25, -0.2) is 28.8 Å². The monoisotopic (exact) mass is 1050 g/mol. The molecule has 4 aromatic rings. The average Bonchev–Trinajstić information content (AvgIpc) is 3.44. The minimum atomic E-state index is -1.38. The van der Waals surface area contributed by atoms with E-state index >= 15 is 0 Å². The van der Waals surface area contributed by atoms with Crippen molar-refractivity contribution in [1.82, 2.24) is 0 Å². The number of carbonyl (C=O) groups excluding carboxylic acids is 6. The molecule has 2 atom stereocenters. The van der Waals surface area contributed by atoms with Crippen molar-refractivity contribution in [3.05, 3.63) is 145 Å². The molecule has 16 nitrogen and oxygen atoms in total. The predicted molar refractivity (Wildman–Crippen MR) is 282 cm³/mol. The van der Waals surface area contributed by atoms with Crippen LogP contribution >= 0.6 is 0 Å². The number of benzene rings is 4. The molecular weight excluding hydrogens is 977 g/mol. The van der Waals surface area contributed by atoms with Crippen molar-refractivity contribution in [3.63, 3.8) is 0 Å². The number of ether oxygens (including phenoxy) is 10. The van der Waals surface area contributed by atoms with E-state index in [0.29, 0.717) is 49.1 Å².